The number of aromatic nitrogens is 1. The van der Waals surface area contributed by atoms with Gasteiger partial charge >= 0.3 is 0 Å². The molecule has 0 spiro atoms. The number of hydrogen-bond donors (Lipinski definition) is 1. The van der Waals surface area contributed by atoms with Crippen LogP contribution >= 0.6 is 11.6 Å². The Bertz CT molecular complexity index is 962. The maximum absolute atomic E-state index is 12.7. The highest BCUT2D eigenvalue weighted by atomic mass is 35.5. The van der Waals surface area contributed by atoms with Crippen LogP contribution in [0.15, 0.2) is 54.6 Å². The normalized spacial score (nSPS) is 10.4. The molecule has 0 saturated heterocycles. The molecule has 3 aromatic rings. The largest absolute Gasteiger partial charge is 0.497 e. The smallest absolute Gasteiger partial charge is 0.257 e. The van der Waals surface area contributed by atoms with Crippen molar-refractivity contribution < 1.29 is 14.3 Å². The topological polar surface area (TPSA) is 60.3 Å². The summed E-state index contributed by atoms with van der Waals surface area (Å²) in [6.45, 7) is 1.79. The standard InChI is InChI=1S/C20H17ClN2O3/c1-13-19(20(25)22-15-8-6-14(21)7-9-15)11-17(12-24)23(13)16-4-3-5-18(10-16)26-2/h3-12H,1-2H3,(H,22,25). The second-order valence-electron chi connectivity index (χ2n) is 5.68. The van der Waals surface area contributed by atoms with E-state index in [9.17, 15) is 9.59 Å². The fourth-order valence-corrected chi connectivity index (χ4v) is 2.90. The molecular weight excluding hydrogens is 352 g/mol. The summed E-state index contributed by atoms with van der Waals surface area (Å²) in [5.41, 5.74) is 2.84. The van der Waals surface area contributed by atoms with Gasteiger partial charge in [0.2, 0.25) is 0 Å². The number of nitrogens with one attached hydrogen (secondary N) is 1. The first-order valence-corrected chi connectivity index (χ1v) is 8.30. The van der Waals surface area contributed by atoms with Gasteiger partial charge in [0.25, 0.3) is 5.91 Å². The van der Waals surface area contributed by atoms with Crippen LogP contribution in [0.3, 0.4) is 0 Å². The van der Waals surface area contributed by atoms with Crippen molar-refractivity contribution in [3.63, 3.8) is 0 Å². The number of carbonyl (C=O) groups excluding carboxylic acids is 2. The van der Waals surface area contributed by atoms with Crippen molar-refractivity contribution in [2.45, 2.75) is 6.92 Å². The molecule has 0 aliphatic carbocycles. The summed E-state index contributed by atoms with van der Waals surface area (Å²) in [5.74, 6) is 0.370. The number of hydrogen-bond acceptors (Lipinski definition) is 3. The predicted molar refractivity (Wildman–Crippen MR) is 102 cm³/mol. The summed E-state index contributed by atoms with van der Waals surface area (Å²) in [5, 5.41) is 3.40. The Morgan fingerprint density at radius 1 is 1.15 bits per heavy atom. The first-order valence-electron chi connectivity index (χ1n) is 7.92. The number of carbonyl (C=O) groups is 2. The van der Waals surface area contributed by atoms with E-state index in [1.807, 2.05) is 18.2 Å². The summed E-state index contributed by atoms with van der Waals surface area (Å²) < 4.78 is 6.97. The fraction of sp³-hybridized carbons (Fsp3) is 0.100. The zero-order chi connectivity index (χ0) is 18.7. The molecule has 0 bridgehead atoms. The molecule has 26 heavy (non-hydrogen) atoms. The fourth-order valence-electron chi connectivity index (χ4n) is 2.77. The SMILES string of the molecule is COc1cccc(-n2c(C=O)cc(C(=O)Nc3ccc(Cl)cc3)c2C)c1. The maximum Gasteiger partial charge on any atom is 0.257 e. The molecule has 0 radical (unpaired) electrons. The number of benzene rings is 2. The summed E-state index contributed by atoms with van der Waals surface area (Å²) in [7, 11) is 1.58. The molecule has 0 saturated carbocycles. The Labute approximate surface area is 156 Å². The van der Waals surface area contributed by atoms with Crippen LogP contribution in [0.5, 0.6) is 5.75 Å². The first-order chi connectivity index (χ1) is 12.5. The number of halogens is 1. The molecule has 1 aromatic heterocycles. The van der Waals surface area contributed by atoms with Crippen LogP contribution in [0, 0.1) is 6.92 Å². The van der Waals surface area contributed by atoms with Crippen molar-refractivity contribution in [2.75, 3.05) is 12.4 Å². The van der Waals surface area contributed by atoms with Crippen molar-refractivity contribution >= 4 is 29.5 Å². The van der Waals surface area contributed by atoms with Crippen molar-refractivity contribution in [3.05, 3.63) is 76.6 Å². The quantitative estimate of drug-likeness (QED) is 0.674. The van der Waals surface area contributed by atoms with Gasteiger partial charge in [-0.1, -0.05) is 17.7 Å². The van der Waals surface area contributed by atoms with Crippen LogP contribution in [0.25, 0.3) is 5.69 Å². The Morgan fingerprint density at radius 3 is 2.54 bits per heavy atom. The van der Waals surface area contributed by atoms with E-state index in [1.54, 1.807) is 55.0 Å². The summed E-state index contributed by atoms with van der Waals surface area (Å²) in [4.78, 5) is 24.2. The zero-order valence-electron chi connectivity index (χ0n) is 14.3. The maximum atomic E-state index is 12.7. The molecule has 0 aliphatic rings. The third-order valence-electron chi connectivity index (χ3n) is 4.05. The van der Waals surface area contributed by atoms with Gasteiger partial charge in [-0.15, -0.1) is 0 Å². The van der Waals surface area contributed by atoms with Gasteiger partial charge in [-0.05, 0) is 49.4 Å². The van der Waals surface area contributed by atoms with Gasteiger partial charge in [0.05, 0.1) is 18.4 Å². The number of methoxy groups -OCH3 is 1. The molecule has 2 aromatic carbocycles. The van der Waals surface area contributed by atoms with Crippen LogP contribution in [-0.2, 0) is 0 Å². The zero-order valence-corrected chi connectivity index (χ0v) is 15.1. The van der Waals surface area contributed by atoms with Gasteiger partial charge in [-0.3, -0.25) is 9.59 Å². The van der Waals surface area contributed by atoms with Crippen LogP contribution in [-0.4, -0.2) is 23.9 Å². The lowest BCUT2D eigenvalue weighted by molar-refractivity contribution is 0.102. The number of amides is 1. The molecule has 0 fully saturated rings. The molecule has 1 amide bonds. The Kier molecular flexibility index (Phi) is 5.09. The number of ether oxygens (including phenoxy) is 1. The van der Waals surface area contributed by atoms with Crippen molar-refractivity contribution in [1.29, 1.82) is 0 Å². The van der Waals surface area contributed by atoms with E-state index in [2.05, 4.69) is 5.32 Å². The molecule has 132 valence electrons. The van der Waals surface area contributed by atoms with E-state index in [1.165, 1.54) is 0 Å². The Balaban J connectivity index is 1.98. The van der Waals surface area contributed by atoms with Gasteiger partial charge in [0.1, 0.15) is 5.75 Å². The van der Waals surface area contributed by atoms with Crippen LogP contribution in [0.2, 0.25) is 5.02 Å². The average Bonchev–Trinajstić information content (AvgIpc) is 3.00. The molecular formula is C20H17ClN2O3. The first kappa shape index (κ1) is 17.8. The second kappa shape index (κ2) is 7.45. The molecule has 3 rings (SSSR count). The molecule has 0 atom stereocenters. The third kappa shape index (κ3) is 3.48. The summed E-state index contributed by atoms with van der Waals surface area (Å²) in [6.07, 6.45) is 0.728. The minimum absolute atomic E-state index is 0.297. The lowest BCUT2D eigenvalue weighted by atomic mass is 10.2. The van der Waals surface area contributed by atoms with Crippen LogP contribution < -0.4 is 10.1 Å². The van der Waals surface area contributed by atoms with Gasteiger partial charge in [0.15, 0.2) is 6.29 Å². The Hall–Kier alpha value is -3.05. The number of nitrogens with zero attached hydrogens (tertiary/aromatic N) is 1. The molecule has 5 nitrogen and oxygen atoms in total. The summed E-state index contributed by atoms with van der Waals surface area (Å²) in [6, 6.07) is 15.7. The number of anilines is 1. The van der Waals surface area contributed by atoms with E-state index in [0.717, 1.165) is 12.0 Å². The van der Waals surface area contributed by atoms with Crippen molar-refractivity contribution in [1.82, 2.24) is 4.57 Å². The lowest BCUT2D eigenvalue weighted by Crippen LogP contribution is -2.13. The number of rotatable bonds is 5. The van der Waals surface area contributed by atoms with Gasteiger partial charge in [-0.2, -0.15) is 0 Å². The van der Waals surface area contributed by atoms with Gasteiger partial charge in [-0.25, -0.2) is 0 Å². The lowest BCUT2D eigenvalue weighted by Gasteiger charge is -2.11. The average molecular weight is 369 g/mol. The van der Waals surface area contributed by atoms with E-state index < -0.39 is 0 Å². The Morgan fingerprint density at radius 2 is 1.88 bits per heavy atom. The monoisotopic (exact) mass is 368 g/mol. The van der Waals surface area contributed by atoms with Crippen molar-refractivity contribution in [2.24, 2.45) is 0 Å². The molecule has 1 heterocycles. The van der Waals surface area contributed by atoms with Crippen LogP contribution in [0.1, 0.15) is 26.5 Å². The predicted octanol–water partition coefficient (Wildman–Crippen LogP) is 4.51. The highest BCUT2D eigenvalue weighted by Gasteiger charge is 2.18. The molecule has 0 aliphatic heterocycles. The van der Waals surface area contributed by atoms with Gasteiger partial charge in [0, 0.05) is 28.2 Å². The van der Waals surface area contributed by atoms with E-state index in [0.29, 0.717) is 33.4 Å². The van der Waals surface area contributed by atoms with Crippen LogP contribution in [0.4, 0.5) is 5.69 Å². The van der Waals surface area contributed by atoms with E-state index in [4.69, 9.17) is 16.3 Å². The van der Waals surface area contributed by atoms with Gasteiger partial charge < -0.3 is 14.6 Å². The summed E-state index contributed by atoms with van der Waals surface area (Å²) >= 11 is 5.86. The third-order valence-corrected chi connectivity index (χ3v) is 4.31. The molecule has 1 N–H and O–H groups in total. The molecule has 0 unspecified atom stereocenters. The second-order valence-corrected chi connectivity index (χ2v) is 6.12. The molecule has 6 heteroatoms. The van der Waals surface area contributed by atoms with E-state index >= 15 is 0 Å². The number of aldehydes is 1. The highest BCUT2D eigenvalue weighted by molar-refractivity contribution is 6.30. The minimum Gasteiger partial charge on any atom is -0.497 e. The minimum atomic E-state index is -0.297. The highest BCUT2D eigenvalue weighted by Crippen LogP contribution is 2.24. The van der Waals surface area contributed by atoms with E-state index in [-0.39, 0.29) is 5.91 Å². The van der Waals surface area contributed by atoms with Crippen molar-refractivity contribution in [3.8, 4) is 11.4 Å².